The molecule has 0 bridgehead atoms. The average molecular weight is 351 g/mol. The highest BCUT2D eigenvalue weighted by molar-refractivity contribution is 5.43. The Morgan fingerprint density at radius 1 is 1.00 bits per heavy atom. The summed E-state index contributed by atoms with van der Waals surface area (Å²) in [5, 5.41) is 0. The summed E-state index contributed by atoms with van der Waals surface area (Å²) >= 11 is 0. The highest BCUT2D eigenvalue weighted by Crippen LogP contribution is 2.62. The van der Waals surface area contributed by atoms with E-state index in [-0.39, 0.29) is 11.5 Å². The predicted molar refractivity (Wildman–Crippen MR) is 107 cm³/mol. The number of ether oxygens (including phenoxy) is 2. The lowest BCUT2D eigenvalue weighted by atomic mass is 9.56. The van der Waals surface area contributed by atoms with Gasteiger partial charge < -0.3 is 9.47 Å². The minimum Gasteiger partial charge on any atom is -0.382 e. The van der Waals surface area contributed by atoms with Gasteiger partial charge in [-0.25, -0.2) is 0 Å². The molecule has 138 valence electrons. The first kappa shape index (κ1) is 18.9. The Morgan fingerprint density at radius 2 is 1.54 bits per heavy atom. The molecule has 1 aliphatic heterocycles. The Kier molecular flexibility index (Phi) is 5.64. The molecule has 0 N–H and O–H groups in total. The third-order valence-electron chi connectivity index (χ3n) is 5.73. The highest BCUT2D eigenvalue weighted by atomic mass is 16.6. The average Bonchev–Trinajstić information content (AvgIpc) is 2.66. The Bertz CT molecular complexity index is 692. The van der Waals surface area contributed by atoms with Gasteiger partial charge in [0, 0.05) is 12.5 Å². The lowest BCUT2D eigenvalue weighted by molar-refractivity contribution is -0.314. The van der Waals surface area contributed by atoms with Gasteiger partial charge in [0.15, 0.2) is 0 Å². The molecule has 2 nitrogen and oxygen atoms in total. The molecule has 0 amide bonds. The maximum atomic E-state index is 6.67. The minimum atomic E-state index is -0.436. The summed E-state index contributed by atoms with van der Waals surface area (Å²) in [5.41, 5.74) is 3.32. The largest absolute Gasteiger partial charge is 0.382 e. The monoisotopic (exact) mass is 350 g/mol. The second kappa shape index (κ2) is 7.77. The van der Waals surface area contributed by atoms with Gasteiger partial charge >= 0.3 is 0 Å². The lowest BCUT2D eigenvalue weighted by Gasteiger charge is -2.63. The molecule has 26 heavy (non-hydrogen) atoms. The molecule has 0 radical (unpaired) electrons. The van der Waals surface area contributed by atoms with E-state index in [1.54, 1.807) is 7.11 Å². The summed E-state index contributed by atoms with van der Waals surface area (Å²) < 4.78 is 12.2. The standard InChI is InChI=1S/C24H30O2/c1-19(2)12-11-17-23(3)22(18-25-4)26-24(23,20-13-7-5-8-14-20)21-15-9-6-10-16-21/h5-10,12-16,22H,11,17-18H2,1-4H3/t22-,23-/m1/s1. The van der Waals surface area contributed by atoms with Gasteiger partial charge in [0.05, 0.1) is 12.7 Å². The zero-order valence-electron chi connectivity index (χ0n) is 16.4. The smallest absolute Gasteiger partial charge is 0.126 e. The fraction of sp³-hybridized carbons (Fsp3) is 0.417. The van der Waals surface area contributed by atoms with Crippen LogP contribution in [0.25, 0.3) is 0 Å². The van der Waals surface area contributed by atoms with E-state index in [4.69, 9.17) is 9.47 Å². The molecule has 0 saturated carbocycles. The first-order chi connectivity index (χ1) is 12.5. The molecule has 0 aliphatic carbocycles. The van der Waals surface area contributed by atoms with Crippen LogP contribution in [0.5, 0.6) is 0 Å². The van der Waals surface area contributed by atoms with E-state index in [0.717, 1.165) is 12.8 Å². The van der Waals surface area contributed by atoms with Gasteiger partial charge in [0.2, 0.25) is 0 Å². The second-order valence-corrected chi connectivity index (χ2v) is 7.71. The lowest BCUT2D eigenvalue weighted by Crippen LogP contribution is -2.67. The van der Waals surface area contributed by atoms with Crippen molar-refractivity contribution in [1.82, 2.24) is 0 Å². The third-order valence-corrected chi connectivity index (χ3v) is 5.73. The zero-order valence-corrected chi connectivity index (χ0v) is 16.4. The molecule has 1 aliphatic rings. The van der Waals surface area contributed by atoms with Crippen molar-refractivity contribution in [1.29, 1.82) is 0 Å². The van der Waals surface area contributed by atoms with Crippen LogP contribution in [0.3, 0.4) is 0 Å². The van der Waals surface area contributed by atoms with E-state index in [1.807, 2.05) is 0 Å². The number of hydrogen-bond acceptors (Lipinski definition) is 2. The van der Waals surface area contributed by atoms with Crippen molar-refractivity contribution in [2.45, 2.75) is 45.3 Å². The fourth-order valence-electron chi connectivity index (χ4n) is 4.32. The molecule has 0 spiro atoms. The summed E-state index contributed by atoms with van der Waals surface area (Å²) in [5.74, 6) is 0. The van der Waals surface area contributed by atoms with Crippen molar-refractivity contribution in [3.05, 3.63) is 83.4 Å². The molecule has 2 heteroatoms. The molecule has 1 fully saturated rings. The number of benzene rings is 2. The first-order valence-corrected chi connectivity index (χ1v) is 9.46. The summed E-state index contributed by atoms with van der Waals surface area (Å²) in [6.07, 6.45) is 4.51. The van der Waals surface area contributed by atoms with Gasteiger partial charge in [-0.3, -0.25) is 0 Å². The van der Waals surface area contributed by atoms with Crippen LogP contribution in [0.15, 0.2) is 72.3 Å². The maximum absolute atomic E-state index is 6.67. The van der Waals surface area contributed by atoms with Crippen molar-refractivity contribution in [3.8, 4) is 0 Å². The van der Waals surface area contributed by atoms with Crippen LogP contribution >= 0.6 is 0 Å². The second-order valence-electron chi connectivity index (χ2n) is 7.71. The summed E-state index contributed by atoms with van der Waals surface area (Å²) in [7, 11) is 1.75. The number of allylic oxidation sites excluding steroid dienone is 2. The van der Waals surface area contributed by atoms with E-state index < -0.39 is 5.60 Å². The summed E-state index contributed by atoms with van der Waals surface area (Å²) in [6, 6.07) is 21.3. The van der Waals surface area contributed by atoms with Crippen LogP contribution in [0.2, 0.25) is 0 Å². The van der Waals surface area contributed by atoms with E-state index in [2.05, 4.69) is 87.5 Å². The molecule has 1 saturated heterocycles. The van der Waals surface area contributed by atoms with Crippen LogP contribution in [0.1, 0.15) is 44.7 Å². The predicted octanol–water partition coefficient (Wildman–Crippen LogP) is 5.73. The van der Waals surface area contributed by atoms with Gasteiger partial charge in [0.1, 0.15) is 5.60 Å². The minimum absolute atomic E-state index is 0.0440. The van der Waals surface area contributed by atoms with Crippen LogP contribution in [-0.2, 0) is 15.1 Å². The number of methoxy groups -OCH3 is 1. The third kappa shape index (κ3) is 3.13. The van der Waals surface area contributed by atoms with Crippen molar-refractivity contribution >= 4 is 0 Å². The quantitative estimate of drug-likeness (QED) is 0.594. The summed E-state index contributed by atoms with van der Waals surface area (Å²) in [4.78, 5) is 0. The first-order valence-electron chi connectivity index (χ1n) is 9.46. The van der Waals surface area contributed by atoms with Gasteiger partial charge in [-0.15, -0.1) is 0 Å². The van der Waals surface area contributed by atoms with E-state index >= 15 is 0 Å². The molecule has 2 aromatic carbocycles. The zero-order chi connectivity index (χ0) is 18.6. The Labute approximate surface area is 157 Å². The van der Waals surface area contributed by atoms with Gasteiger partial charge in [-0.05, 0) is 37.8 Å². The summed E-state index contributed by atoms with van der Waals surface area (Å²) in [6.45, 7) is 7.30. The van der Waals surface area contributed by atoms with Crippen LogP contribution in [0, 0.1) is 5.41 Å². The van der Waals surface area contributed by atoms with Crippen molar-refractivity contribution < 1.29 is 9.47 Å². The topological polar surface area (TPSA) is 18.5 Å². The van der Waals surface area contributed by atoms with E-state index in [0.29, 0.717) is 6.61 Å². The van der Waals surface area contributed by atoms with Crippen LogP contribution < -0.4 is 0 Å². The Hall–Kier alpha value is -1.90. The normalized spacial score (nSPS) is 23.9. The fourth-order valence-corrected chi connectivity index (χ4v) is 4.32. The van der Waals surface area contributed by atoms with Crippen LogP contribution in [-0.4, -0.2) is 19.8 Å². The maximum Gasteiger partial charge on any atom is 0.126 e. The molecule has 2 atom stereocenters. The van der Waals surface area contributed by atoms with Crippen molar-refractivity contribution in [2.24, 2.45) is 5.41 Å². The SMILES string of the molecule is COC[C@H]1OC(c2ccccc2)(c2ccccc2)[C@]1(C)CCC=C(C)C. The molecular formula is C24H30O2. The highest BCUT2D eigenvalue weighted by Gasteiger charge is 2.65. The molecule has 0 unspecified atom stereocenters. The molecular weight excluding hydrogens is 320 g/mol. The van der Waals surface area contributed by atoms with Gasteiger partial charge in [-0.1, -0.05) is 79.2 Å². The molecule has 1 heterocycles. The van der Waals surface area contributed by atoms with Gasteiger partial charge in [-0.2, -0.15) is 0 Å². The number of rotatable bonds is 7. The molecule has 3 rings (SSSR count). The Morgan fingerprint density at radius 3 is 2.00 bits per heavy atom. The Balaban J connectivity index is 2.08. The van der Waals surface area contributed by atoms with Crippen molar-refractivity contribution in [2.75, 3.05) is 13.7 Å². The van der Waals surface area contributed by atoms with Crippen LogP contribution in [0.4, 0.5) is 0 Å². The van der Waals surface area contributed by atoms with E-state index in [1.165, 1.54) is 16.7 Å². The molecule has 2 aromatic rings. The molecule has 0 aromatic heterocycles. The number of hydrogen-bond donors (Lipinski definition) is 0. The van der Waals surface area contributed by atoms with Gasteiger partial charge in [0.25, 0.3) is 0 Å². The van der Waals surface area contributed by atoms with E-state index in [9.17, 15) is 0 Å². The van der Waals surface area contributed by atoms with Crippen molar-refractivity contribution in [3.63, 3.8) is 0 Å².